The van der Waals surface area contributed by atoms with E-state index in [1.165, 1.54) is 47.2 Å². The predicted octanol–water partition coefficient (Wildman–Crippen LogP) is 6.77. The first-order valence-corrected chi connectivity index (χ1v) is 9.98. The van der Waals surface area contributed by atoms with Crippen LogP contribution in [-0.4, -0.2) is 0 Å². The van der Waals surface area contributed by atoms with Crippen molar-refractivity contribution in [2.75, 3.05) is 0 Å². The third-order valence-electron chi connectivity index (χ3n) is 5.54. The van der Waals surface area contributed by atoms with E-state index in [1.54, 1.807) is 0 Å². The van der Waals surface area contributed by atoms with Gasteiger partial charge < -0.3 is 0 Å². The van der Waals surface area contributed by atoms with E-state index >= 15 is 0 Å². The number of halogens is 3. The SMILES string of the molecule is ClC(c1cc(Br)c(Br)s1)C12CC3CC(CC(C3)C1)C2. The summed E-state index contributed by atoms with van der Waals surface area (Å²) in [5.74, 6) is 2.91. The largest absolute Gasteiger partial charge is 0.130 e. The zero-order valence-corrected chi connectivity index (χ0v) is 15.4. The molecule has 0 aliphatic heterocycles. The lowest BCUT2D eigenvalue weighted by Crippen LogP contribution is -2.47. The highest BCUT2D eigenvalue weighted by molar-refractivity contribution is 9.13. The summed E-state index contributed by atoms with van der Waals surface area (Å²) in [5, 5.41) is 0.216. The number of alkyl halides is 1. The van der Waals surface area contributed by atoms with E-state index in [4.69, 9.17) is 11.6 Å². The van der Waals surface area contributed by atoms with E-state index in [-0.39, 0.29) is 5.38 Å². The number of hydrogen-bond donors (Lipinski definition) is 0. The molecular weight excluding hydrogens is 407 g/mol. The minimum Gasteiger partial charge on any atom is -0.130 e. The third kappa shape index (κ3) is 2.18. The Morgan fingerprint density at radius 1 is 1.11 bits per heavy atom. The standard InChI is InChI=1S/C15H17Br2ClS/c16-11-4-12(19-14(11)17)13(18)15-5-8-1-9(6-15)3-10(2-8)7-15/h4,8-10,13H,1-3,5-7H2. The smallest absolute Gasteiger partial charge is 0.0843 e. The Bertz CT molecular complexity index is 455. The molecule has 104 valence electrons. The second kappa shape index (κ2) is 4.72. The highest BCUT2D eigenvalue weighted by Gasteiger charge is 2.54. The first-order valence-electron chi connectivity index (χ1n) is 7.14. The zero-order chi connectivity index (χ0) is 13.2. The van der Waals surface area contributed by atoms with Crippen molar-refractivity contribution in [3.8, 4) is 0 Å². The topological polar surface area (TPSA) is 0 Å². The van der Waals surface area contributed by atoms with Crippen molar-refractivity contribution in [2.24, 2.45) is 23.2 Å². The van der Waals surface area contributed by atoms with E-state index in [0.29, 0.717) is 5.41 Å². The summed E-state index contributed by atoms with van der Waals surface area (Å²) in [7, 11) is 0. The molecule has 4 aliphatic rings. The van der Waals surface area contributed by atoms with Crippen molar-refractivity contribution < 1.29 is 0 Å². The highest BCUT2D eigenvalue weighted by atomic mass is 79.9. The summed E-state index contributed by atoms with van der Waals surface area (Å²) in [6.45, 7) is 0. The van der Waals surface area contributed by atoms with Gasteiger partial charge >= 0.3 is 0 Å². The van der Waals surface area contributed by atoms with Gasteiger partial charge in [-0.1, -0.05) is 0 Å². The van der Waals surface area contributed by atoms with Gasteiger partial charge in [0.15, 0.2) is 0 Å². The molecule has 0 saturated heterocycles. The minimum atomic E-state index is 0.216. The van der Waals surface area contributed by atoms with Crippen LogP contribution < -0.4 is 0 Å². The van der Waals surface area contributed by atoms with Crippen molar-refractivity contribution in [3.05, 3.63) is 19.2 Å². The van der Waals surface area contributed by atoms with Gasteiger partial charge in [0, 0.05) is 9.35 Å². The number of thiophene rings is 1. The van der Waals surface area contributed by atoms with Gasteiger partial charge in [0.2, 0.25) is 0 Å². The molecule has 1 aromatic rings. The Morgan fingerprint density at radius 3 is 2.05 bits per heavy atom. The van der Waals surface area contributed by atoms with Crippen LogP contribution in [-0.2, 0) is 0 Å². The summed E-state index contributed by atoms with van der Waals surface area (Å²) >= 11 is 16.0. The molecule has 4 aliphatic carbocycles. The molecule has 4 fully saturated rings. The van der Waals surface area contributed by atoms with Gasteiger partial charge in [0.05, 0.1) is 9.16 Å². The Balaban J connectivity index is 1.67. The van der Waals surface area contributed by atoms with Gasteiger partial charge in [-0.3, -0.25) is 0 Å². The van der Waals surface area contributed by atoms with Crippen LogP contribution in [0.25, 0.3) is 0 Å². The van der Waals surface area contributed by atoms with Crippen molar-refractivity contribution in [1.29, 1.82) is 0 Å². The minimum absolute atomic E-state index is 0.216. The second-order valence-corrected chi connectivity index (χ2v) is 10.6. The van der Waals surface area contributed by atoms with Crippen molar-refractivity contribution in [1.82, 2.24) is 0 Å². The number of rotatable bonds is 2. The molecule has 1 unspecified atom stereocenters. The van der Waals surface area contributed by atoms with E-state index in [2.05, 4.69) is 37.9 Å². The Kier molecular flexibility index (Phi) is 3.38. The average molecular weight is 425 g/mol. The molecule has 0 nitrogen and oxygen atoms in total. The average Bonchev–Trinajstić information content (AvgIpc) is 2.67. The molecule has 0 aromatic carbocycles. The lowest BCUT2D eigenvalue weighted by atomic mass is 9.48. The molecule has 0 radical (unpaired) electrons. The quantitative estimate of drug-likeness (QED) is 0.460. The fourth-order valence-corrected chi connectivity index (χ4v) is 7.95. The molecule has 19 heavy (non-hydrogen) atoms. The lowest BCUT2D eigenvalue weighted by molar-refractivity contribution is -0.0547. The second-order valence-electron chi connectivity index (χ2n) is 6.91. The highest BCUT2D eigenvalue weighted by Crippen LogP contribution is 2.66. The molecule has 4 bridgehead atoms. The predicted molar refractivity (Wildman–Crippen MR) is 88.9 cm³/mol. The van der Waals surface area contributed by atoms with Crippen LogP contribution in [0, 0.1) is 23.2 Å². The maximum atomic E-state index is 6.98. The summed E-state index contributed by atoms with van der Waals surface area (Å²) in [6.07, 6.45) is 8.59. The number of hydrogen-bond acceptors (Lipinski definition) is 1. The van der Waals surface area contributed by atoms with Crippen molar-refractivity contribution in [3.63, 3.8) is 0 Å². The molecule has 1 aromatic heterocycles. The summed E-state index contributed by atoms with van der Waals surface area (Å²) in [6, 6.07) is 2.23. The zero-order valence-electron chi connectivity index (χ0n) is 10.7. The Hall–Kier alpha value is 0.950. The van der Waals surface area contributed by atoms with Gasteiger partial charge in [-0.2, -0.15) is 0 Å². The van der Waals surface area contributed by atoms with Crippen LogP contribution in [0.15, 0.2) is 14.3 Å². The van der Waals surface area contributed by atoms with Crippen LogP contribution in [0.3, 0.4) is 0 Å². The van der Waals surface area contributed by atoms with Gasteiger partial charge in [-0.25, -0.2) is 0 Å². The van der Waals surface area contributed by atoms with E-state index in [0.717, 1.165) is 22.2 Å². The van der Waals surface area contributed by atoms with Gasteiger partial charge in [0.1, 0.15) is 0 Å². The van der Waals surface area contributed by atoms with E-state index in [9.17, 15) is 0 Å². The van der Waals surface area contributed by atoms with Crippen LogP contribution in [0.1, 0.15) is 48.8 Å². The van der Waals surface area contributed by atoms with Crippen molar-refractivity contribution >= 4 is 54.8 Å². The van der Waals surface area contributed by atoms with Gasteiger partial charge in [-0.05, 0) is 99.6 Å². The van der Waals surface area contributed by atoms with Crippen molar-refractivity contribution in [2.45, 2.75) is 43.9 Å². The fourth-order valence-electron chi connectivity index (χ4n) is 5.28. The first kappa shape index (κ1) is 13.6. The molecule has 0 spiro atoms. The third-order valence-corrected chi connectivity index (χ3v) is 9.69. The lowest BCUT2D eigenvalue weighted by Gasteiger charge is -2.58. The fraction of sp³-hybridized carbons (Fsp3) is 0.733. The first-order chi connectivity index (χ1) is 9.06. The molecule has 4 saturated carbocycles. The molecular formula is C15H17Br2ClS. The normalized spacial score (nSPS) is 41.7. The van der Waals surface area contributed by atoms with Crippen LogP contribution in [0.4, 0.5) is 0 Å². The van der Waals surface area contributed by atoms with Gasteiger partial charge in [0.25, 0.3) is 0 Å². The maximum Gasteiger partial charge on any atom is 0.0843 e. The summed E-state index contributed by atoms with van der Waals surface area (Å²) in [5.41, 5.74) is 0.403. The summed E-state index contributed by atoms with van der Waals surface area (Å²) < 4.78 is 2.33. The molecule has 1 heterocycles. The Labute approximate surface area is 140 Å². The van der Waals surface area contributed by atoms with E-state index in [1.807, 2.05) is 11.3 Å². The maximum absolute atomic E-state index is 6.98. The molecule has 5 rings (SSSR count). The van der Waals surface area contributed by atoms with Crippen LogP contribution in [0.2, 0.25) is 0 Å². The van der Waals surface area contributed by atoms with Gasteiger partial charge in [-0.15, -0.1) is 22.9 Å². The summed E-state index contributed by atoms with van der Waals surface area (Å²) in [4.78, 5) is 1.35. The molecule has 1 atom stereocenters. The monoisotopic (exact) mass is 422 g/mol. The van der Waals surface area contributed by atoms with Crippen LogP contribution >= 0.6 is 54.8 Å². The van der Waals surface area contributed by atoms with E-state index < -0.39 is 0 Å². The Morgan fingerprint density at radius 2 is 1.63 bits per heavy atom. The van der Waals surface area contributed by atoms with Crippen LogP contribution in [0.5, 0.6) is 0 Å². The molecule has 0 N–H and O–H groups in total. The molecule has 0 amide bonds. The molecule has 4 heteroatoms.